The van der Waals surface area contributed by atoms with Crippen LogP contribution in [0, 0.1) is 0 Å². The van der Waals surface area contributed by atoms with E-state index >= 15 is 0 Å². The molecule has 5 nitrogen and oxygen atoms in total. The molecule has 2 N–H and O–H groups in total. The predicted octanol–water partition coefficient (Wildman–Crippen LogP) is 1.59. The van der Waals surface area contributed by atoms with Gasteiger partial charge in [0.25, 0.3) is 5.91 Å². The van der Waals surface area contributed by atoms with Crippen molar-refractivity contribution in [3.05, 3.63) is 52.2 Å². The molecule has 0 spiro atoms. The predicted molar refractivity (Wildman–Crippen MR) is 78.2 cm³/mol. The maximum absolute atomic E-state index is 12.1. The number of rotatable bonds is 5. The summed E-state index contributed by atoms with van der Waals surface area (Å²) in [5, 5.41) is 6.26. The molecule has 0 atom stereocenters. The van der Waals surface area contributed by atoms with Crippen LogP contribution in [0.5, 0.6) is 0 Å². The van der Waals surface area contributed by atoms with Gasteiger partial charge in [0.05, 0.1) is 4.90 Å². The third-order valence-corrected chi connectivity index (χ3v) is 4.85. The number of benzene rings is 1. The standard InChI is InChI=1S/C13H14N2O3S2/c1-14-13(16)11-2-4-12(5-3-11)20(17,18)15-8-10-6-7-19-9-10/h2-7,9,15H,8H2,1H3,(H,14,16). The van der Waals surface area contributed by atoms with E-state index in [0.29, 0.717) is 5.56 Å². The Hall–Kier alpha value is -1.70. The molecule has 0 aliphatic rings. The first-order chi connectivity index (χ1) is 9.53. The van der Waals surface area contributed by atoms with Gasteiger partial charge in [-0.2, -0.15) is 11.3 Å². The number of carbonyl (C=O) groups excluding carboxylic acids is 1. The molecule has 2 rings (SSSR count). The van der Waals surface area contributed by atoms with E-state index in [1.807, 2.05) is 16.8 Å². The molecular weight excluding hydrogens is 296 g/mol. The quantitative estimate of drug-likeness (QED) is 0.880. The van der Waals surface area contributed by atoms with Crippen LogP contribution in [0.15, 0.2) is 46.0 Å². The van der Waals surface area contributed by atoms with E-state index in [9.17, 15) is 13.2 Å². The van der Waals surface area contributed by atoms with Crippen molar-refractivity contribution in [2.24, 2.45) is 0 Å². The van der Waals surface area contributed by atoms with Crippen LogP contribution < -0.4 is 10.0 Å². The van der Waals surface area contributed by atoms with Gasteiger partial charge in [0.1, 0.15) is 0 Å². The molecule has 106 valence electrons. The number of hydrogen-bond donors (Lipinski definition) is 2. The Balaban J connectivity index is 2.11. The van der Waals surface area contributed by atoms with Crippen LogP contribution in [0.2, 0.25) is 0 Å². The fraction of sp³-hybridized carbons (Fsp3) is 0.154. The summed E-state index contributed by atoms with van der Waals surface area (Å²) in [6, 6.07) is 7.67. The first kappa shape index (κ1) is 14.7. The van der Waals surface area contributed by atoms with Gasteiger partial charge in [0.15, 0.2) is 0 Å². The summed E-state index contributed by atoms with van der Waals surface area (Å²) in [4.78, 5) is 11.5. The largest absolute Gasteiger partial charge is 0.355 e. The molecule has 0 unspecified atom stereocenters. The highest BCUT2D eigenvalue weighted by Gasteiger charge is 2.14. The summed E-state index contributed by atoms with van der Waals surface area (Å²) < 4.78 is 26.7. The van der Waals surface area contributed by atoms with Gasteiger partial charge in [-0.05, 0) is 46.7 Å². The molecule has 0 saturated carbocycles. The summed E-state index contributed by atoms with van der Waals surface area (Å²) >= 11 is 1.51. The SMILES string of the molecule is CNC(=O)c1ccc(S(=O)(=O)NCc2ccsc2)cc1. The molecule has 2 aromatic rings. The Bertz CT molecular complexity index is 677. The topological polar surface area (TPSA) is 75.3 Å². The molecule has 1 aromatic heterocycles. The van der Waals surface area contributed by atoms with E-state index in [2.05, 4.69) is 10.0 Å². The van der Waals surface area contributed by atoms with Crippen molar-refractivity contribution >= 4 is 27.3 Å². The van der Waals surface area contributed by atoms with Crippen molar-refractivity contribution in [1.29, 1.82) is 0 Å². The monoisotopic (exact) mass is 310 g/mol. The summed E-state index contributed by atoms with van der Waals surface area (Å²) in [5.74, 6) is -0.250. The maximum Gasteiger partial charge on any atom is 0.251 e. The molecule has 0 bridgehead atoms. The van der Waals surface area contributed by atoms with Crippen LogP contribution in [0.25, 0.3) is 0 Å². The Morgan fingerprint density at radius 1 is 1.20 bits per heavy atom. The van der Waals surface area contributed by atoms with Gasteiger partial charge in [-0.25, -0.2) is 13.1 Å². The second-order valence-electron chi connectivity index (χ2n) is 4.06. The summed E-state index contributed by atoms with van der Waals surface area (Å²) in [6.07, 6.45) is 0. The Kier molecular flexibility index (Phi) is 4.53. The first-order valence-electron chi connectivity index (χ1n) is 5.86. The van der Waals surface area contributed by atoms with Crippen LogP contribution in [-0.4, -0.2) is 21.4 Å². The Morgan fingerprint density at radius 3 is 2.45 bits per heavy atom. The third kappa shape index (κ3) is 3.44. The molecule has 0 radical (unpaired) electrons. The lowest BCUT2D eigenvalue weighted by molar-refractivity contribution is 0.0963. The van der Waals surface area contributed by atoms with Gasteiger partial charge in [-0.15, -0.1) is 0 Å². The van der Waals surface area contributed by atoms with Crippen molar-refractivity contribution in [3.63, 3.8) is 0 Å². The lowest BCUT2D eigenvalue weighted by atomic mass is 10.2. The number of carbonyl (C=O) groups is 1. The molecule has 20 heavy (non-hydrogen) atoms. The van der Waals surface area contributed by atoms with Gasteiger partial charge >= 0.3 is 0 Å². The lowest BCUT2D eigenvalue weighted by Crippen LogP contribution is -2.23. The Labute approximate surface area is 121 Å². The van der Waals surface area contributed by atoms with E-state index in [1.54, 1.807) is 0 Å². The highest BCUT2D eigenvalue weighted by molar-refractivity contribution is 7.89. The zero-order chi connectivity index (χ0) is 14.6. The summed E-state index contributed by atoms with van der Waals surface area (Å²) in [7, 11) is -2.04. The highest BCUT2D eigenvalue weighted by atomic mass is 32.2. The second-order valence-corrected chi connectivity index (χ2v) is 6.61. The van der Waals surface area contributed by atoms with Crippen LogP contribution in [0.3, 0.4) is 0 Å². The van der Waals surface area contributed by atoms with Crippen molar-refractivity contribution in [1.82, 2.24) is 10.0 Å². The van der Waals surface area contributed by atoms with Crippen molar-refractivity contribution < 1.29 is 13.2 Å². The number of nitrogens with one attached hydrogen (secondary N) is 2. The van der Waals surface area contributed by atoms with Crippen LogP contribution >= 0.6 is 11.3 Å². The van der Waals surface area contributed by atoms with Gasteiger partial charge in [0, 0.05) is 19.2 Å². The van der Waals surface area contributed by atoms with Gasteiger partial charge in [-0.1, -0.05) is 0 Å². The van der Waals surface area contributed by atoms with E-state index < -0.39 is 10.0 Å². The van der Waals surface area contributed by atoms with Crippen molar-refractivity contribution in [2.45, 2.75) is 11.4 Å². The average Bonchev–Trinajstić information content (AvgIpc) is 2.98. The fourth-order valence-electron chi connectivity index (χ4n) is 1.58. The third-order valence-electron chi connectivity index (χ3n) is 2.70. The minimum atomic E-state index is -3.56. The molecule has 0 fully saturated rings. The zero-order valence-electron chi connectivity index (χ0n) is 10.8. The molecule has 1 aromatic carbocycles. The van der Waals surface area contributed by atoms with E-state index in [4.69, 9.17) is 0 Å². The molecular formula is C13H14N2O3S2. The molecule has 1 heterocycles. The second kappa shape index (κ2) is 6.17. The van der Waals surface area contributed by atoms with Crippen molar-refractivity contribution in [3.8, 4) is 0 Å². The number of hydrogen-bond acceptors (Lipinski definition) is 4. The zero-order valence-corrected chi connectivity index (χ0v) is 12.4. The van der Waals surface area contributed by atoms with Gasteiger partial charge in [-0.3, -0.25) is 4.79 Å². The average molecular weight is 310 g/mol. The molecule has 0 aliphatic heterocycles. The normalized spacial score (nSPS) is 11.2. The number of sulfonamides is 1. The lowest BCUT2D eigenvalue weighted by Gasteiger charge is -2.06. The van der Waals surface area contributed by atoms with Crippen molar-refractivity contribution in [2.75, 3.05) is 7.05 Å². The highest BCUT2D eigenvalue weighted by Crippen LogP contribution is 2.12. The minimum Gasteiger partial charge on any atom is -0.355 e. The number of thiophene rings is 1. The smallest absolute Gasteiger partial charge is 0.251 e. The van der Waals surface area contributed by atoms with Gasteiger partial charge < -0.3 is 5.32 Å². The molecule has 0 aliphatic carbocycles. The minimum absolute atomic E-state index is 0.139. The molecule has 0 saturated heterocycles. The van der Waals surface area contributed by atoms with Crippen LogP contribution in [-0.2, 0) is 16.6 Å². The molecule has 1 amide bonds. The Morgan fingerprint density at radius 2 is 1.90 bits per heavy atom. The summed E-state index contributed by atoms with van der Waals surface area (Å²) in [6.45, 7) is 0.253. The van der Waals surface area contributed by atoms with E-state index in [0.717, 1.165) is 5.56 Å². The van der Waals surface area contributed by atoms with E-state index in [1.165, 1.54) is 42.6 Å². The fourth-order valence-corrected chi connectivity index (χ4v) is 3.27. The summed E-state index contributed by atoms with van der Waals surface area (Å²) in [5.41, 5.74) is 1.34. The first-order valence-corrected chi connectivity index (χ1v) is 8.28. The van der Waals surface area contributed by atoms with E-state index in [-0.39, 0.29) is 17.3 Å². The number of amides is 1. The maximum atomic E-state index is 12.1. The van der Waals surface area contributed by atoms with Crippen LogP contribution in [0.1, 0.15) is 15.9 Å². The van der Waals surface area contributed by atoms with Gasteiger partial charge in [0.2, 0.25) is 10.0 Å². The molecule has 7 heteroatoms. The van der Waals surface area contributed by atoms with Crippen LogP contribution in [0.4, 0.5) is 0 Å².